The Morgan fingerprint density at radius 1 is 1.64 bits per heavy atom. The summed E-state index contributed by atoms with van der Waals surface area (Å²) in [7, 11) is 0. The molecule has 1 aliphatic carbocycles. The lowest BCUT2D eigenvalue weighted by molar-refractivity contribution is -0.148. The molecule has 0 atom stereocenters. The van der Waals surface area contributed by atoms with Gasteiger partial charge in [0.2, 0.25) is 0 Å². The summed E-state index contributed by atoms with van der Waals surface area (Å²) in [4.78, 5) is 11.3. The molecule has 2 nitrogen and oxygen atoms in total. The van der Waals surface area contributed by atoms with Crippen molar-refractivity contribution in [3.8, 4) is 0 Å². The number of ether oxygens (including phenoxy) is 1. The third kappa shape index (κ3) is 1.53. The first-order valence-electron chi connectivity index (χ1n) is 3.97. The van der Waals surface area contributed by atoms with Crippen LogP contribution < -0.4 is 0 Å². The molecular formula is C8H14O2S. The third-order valence-corrected chi connectivity index (χ3v) is 3.56. The fourth-order valence-corrected chi connectivity index (χ4v) is 2.17. The zero-order valence-electron chi connectivity index (χ0n) is 7.05. The second-order valence-corrected chi connectivity index (χ2v) is 3.96. The first kappa shape index (κ1) is 8.91. The lowest BCUT2D eigenvalue weighted by atomic mass is 9.84. The zero-order chi connectivity index (χ0) is 8.32. The van der Waals surface area contributed by atoms with Crippen LogP contribution in [0.2, 0.25) is 0 Å². The van der Waals surface area contributed by atoms with Gasteiger partial charge < -0.3 is 4.74 Å². The van der Waals surface area contributed by atoms with Gasteiger partial charge in [-0.1, -0.05) is 0 Å². The molecule has 0 spiro atoms. The summed E-state index contributed by atoms with van der Waals surface area (Å²) in [6.07, 6.45) is 5.13. The van der Waals surface area contributed by atoms with Crippen molar-refractivity contribution in [1.29, 1.82) is 0 Å². The summed E-state index contributed by atoms with van der Waals surface area (Å²) in [6.45, 7) is 2.35. The minimum absolute atomic E-state index is 0.0150. The van der Waals surface area contributed by atoms with E-state index in [0.717, 1.165) is 12.8 Å². The Hall–Kier alpha value is -0.180. The van der Waals surface area contributed by atoms with Gasteiger partial charge in [0.25, 0.3) is 0 Å². The predicted molar refractivity (Wildman–Crippen MR) is 46.7 cm³/mol. The van der Waals surface area contributed by atoms with E-state index in [4.69, 9.17) is 4.74 Å². The van der Waals surface area contributed by atoms with Crippen molar-refractivity contribution in [2.45, 2.75) is 30.9 Å². The van der Waals surface area contributed by atoms with Crippen LogP contribution in [-0.4, -0.2) is 23.6 Å². The van der Waals surface area contributed by atoms with Gasteiger partial charge in [-0.3, -0.25) is 4.79 Å². The number of carbonyl (C=O) groups is 1. The van der Waals surface area contributed by atoms with Crippen LogP contribution >= 0.6 is 11.8 Å². The van der Waals surface area contributed by atoms with Crippen molar-refractivity contribution < 1.29 is 9.53 Å². The quantitative estimate of drug-likeness (QED) is 0.611. The Morgan fingerprint density at radius 2 is 2.27 bits per heavy atom. The molecule has 0 unspecified atom stereocenters. The fraction of sp³-hybridized carbons (Fsp3) is 0.875. The molecule has 0 aromatic carbocycles. The molecule has 1 fully saturated rings. The van der Waals surface area contributed by atoms with Gasteiger partial charge in [0.15, 0.2) is 0 Å². The molecular weight excluding hydrogens is 160 g/mol. The number of hydrogen-bond donors (Lipinski definition) is 0. The largest absolute Gasteiger partial charge is 0.465 e. The molecule has 0 aromatic heterocycles. The molecule has 0 saturated heterocycles. The number of carbonyl (C=O) groups excluding carboxylic acids is 1. The first-order chi connectivity index (χ1) is 5.25. The monoisotopic (exact) mass is 174 g/mol. The molecule has 1 rings (SSSR count). The summed E-state index contributed by atoms with van der Waals surface area (Å²) >= 11 is 1.63. The predicted octanol–water partition coefficient (Wildman–Crippen LogP) is 1.84. The van der Waals surface area contributed by atoms with Gasteiger partial charge >= 0.3 is 5.97 Å². The van der Waals surface area contributed by atoms with Gasteiger partial charge in [-0.2, -0.15) is 0 Å². The molecule has 3 heteroatoms. The summed E-state index contributed by atoms with van der Waals surface area (Å²) in [5, 5.41) is 0. The van der Waals surface area contributed by atoms with Crippen molar-refractivity contribution in [2.24, 2.45) is 0 Å². The van der Waals surface area contributed by atoms with Crippen LogP contribution in [0.25, 0.3) is 0 Å². The molecule has 0 bridgehead atoms. The normalized spacial score (nSPS) is 20.5. The summed E-state index contributed by atoms with van der Waals surface area (Å²) in [5.74, 6) is -0.0150. The van der Waals surface area contributed by atoms with Gasteiger partial charge in [0.05, 0.1) is 6.61 Å². The lowest BCUT2D eigenvalue weighted by Crippen LogP contribution is -2.43. The van der Waals surface area contributed by atoms with E-state index in [9.17, 15) is 4.79 Å². The maximum absolute atomic E-state index is 11.3. The maximum Gasteiger partial charge on any atom is 0.322 e. The SMILES string of the molecule is CCOC(=O)C1(SC)CCC1. The van der Waals surface area contributed by atoms with Crippen LogP contribution in [0.4, 0.5) is 0 Å². The van der Waals surface area contributed by atoms with Crippen LogP contribution in [-0.2, 0) is 9.53 Å². The third-order valence-electron chi connectivity index (χ3n) is 2.20. The maximum atomic E-state index is 11.3. The minimum Gasteiger partial charge on any atom is -0.465 e. The van der Waals surface area contributed by atoms with Crippen LogP contribution in [0, 0.1) is 0 Å². The number of rotatable bonds is 3. The van der Waals surface area contributed by atoms with Gasteiger partial charge in [-0.15, -0.1) is 11.8 Å². The second-order valence-electron chi connectivity index (χ2n) is 2.77. The highest BCUT2D eigenvalue weighted by Gasteiger charge is 2.44. The van der Waals surface area contributed by atoms with Crippen molar-refractivity contribution in [2.75, 3.05) is 12.9 Å². The van der Waals surface area contributed by atoms with Crippen LogP contribution in [0.3, 0.4) is 0 Å². The van der Waals surface area contributed by atoms with Crippen molar-refractivity contribution in [3.63, 3.8) is 0 Å². The molecule has 11 heavy (non-hydrogen) atoms. The highest BCUT2D eigenvalue weighted by molar-refractivity contribution is 8.00. The summed E-state index contributed by atoms with van der Waals surface area (Å²) in [6, 6.07) is 0. The van der Waals surface area contributed by atoms with E-state index in [-0.39, 0.29) is 10.7 Å². The number of thioether (sulfide) groups is 1. The fourth-order valence-electron chi connectivity index (χ4n) is 1.25. The topological polar surface area (TPSA) is 26.3 Å². The molecule has 1 saturated carbocycles. The van der Waals surface area contributed by atoms with E-state index < -0.39 is 0 Å². The van der Waals surface area contributed by atoms with E-state index in [1.165, 1.54) is 6.42 Å². The molecule has 0 radical (unpaired) electrons. The molecule has 0 aliphatic heterocycles. The Morgan fingerprint density at radius 3 is 2.55 bits per heavy atom. The second kappa shape index (κ2) is 3.48. The van der Waals surface area contributed by atoms with Crippen molar-refractivity contribution in [3.05, 3.63) is 0 Å². The Bertz CT molecular complexity index is 147. The summed E-state index contributed by atoms with van der Waals surface area (Å²) < 4.78 is 4.81. The van der Waals surface area contributed by atoms with Crippen LogP contribution in [0.5, 0.6) is 0 Å². The number of hydrogen-bond acceptors (Lipinski definition) is 3. The Balaban J connectivity index is 2.47. The number of esters is 1. The van der Waals surface area contributed by atoms with Gasteiger partial charge in [-0.25, -0.2) is 0 Å². The van der Waals surface area contributed by atoms with E-state index in [0.29, 0.717) is 6.61 Å². The molecule has 0 aromatic rings. The van der Waals surface area contributed by atoms with Crippen molar-refractivity contribution in [1.82, 2.24) is 0 Å². The van der Waals surface area contributed by atoms with E-state index in [1.807, 2.05) is 13.2 Å². The van der Waals surface area contributed by atoms with E-state index in [1.54, 1.807) is 11.8 Å². The molecule has 0 N–H and O–H groups in total. The summed E-state index contributed by atoms with van der Waals surface area (Å²) in [5.41, 5.74) is 0. The van der Waals surface area contributed by atoms with E-state index in [2.05, 4.69) is 0 Å². The Kier molecular flexibility index (Phi) is 2.82. The average Bonchev–Trinajstić information content (AvgIpc) is 1.87. The zero-order valence-corrected chi connectivity index (χ0v) is 7.87. The standard InChI is InChI=1S/C8H14O2S/c1-3-10-7(9)8(11-2)5-4-6-8/h3-6H2,1-2H3. The smallest absolute Gasteiger partial charge is 0.322 e. The molecule has 0 heterocycles. The molecule has 64 valence electrons. The Labute approximate surface area is 71.7 Å². The van der Waals surface area contributed by atoms with Crippen molar-refractivity contribution >= 4 is 17.7 Å². The molecule has 1 aliphatic rings. The first-order valence-corrected chi connectivity index (χ1v) is 5.20. The van der Waals surface area contributed by atoms with Crippen LogP contribution in [0.15, 0.2) is 0 Å². The molecule has 0 amide bonds. The van der Waals surface area contributed by atoms with Crippen LogP contribution in [0.1, 0.15) is 26.2 Å². The van der Waals surface area contributed by atoms with E-state index >= 15 is 0 Å². The minimum atomic E-state index is -0.171. The van der Waals surface area contributed by atoms with Gasteiger partial charge in [0, 0.05) is 0 Å². The lowest BCUT2D eigenvalue weighted by Gasteiger charge is -2.37. The highest BCUT2D eigenvalue weighted by atomic mass is 32.2. The average molecular weight is 174 g/mol. The van der Waals surface area contributed by atoms with Gasteiger partial charge in [0.1, 0.15) is 4.75 Å². The highest BCUT2D eigenvalue weighted by Crippen LogP contribution is 2.43. The van der Waals surface area contributed by atoms with Gasteiger partial charge in [-0.05, 0) is 32.4 Å².